The Morgan fingerprint density at radius 2 is 2.05 bits per heavy atom. The number of morpholine rings is 1. The van der Waals surface area contributed by atoms with Crippen molar-refractivity contribution in [2.75, 3.05) is 45.9 Å². The molecule has 6 nitrogen and oxygen atoms in total. The van der Waals surface area contributed by atoms with Crippen LogP contribution in [0, 0.1) is 0 Å². The molecule has 2 N–H and O–H groups in total. The predicted octanol–water partition coefficient (Wildman–Crippen LogP) is 0.316. The van der Waals surface area contributed by atoms with Gasteiger partial charge in [0.25, 0.3) is 5.91 Å². The van der Waals surface area contributed by atoms with Gasteiger partial charge in [0.1, 0.15) is 0 Å². The zero-order chi connectivity index (χ0) is 14.9. The summed E-state index contributed by atoms with van der Waals surface area (Å²) in [5.41, 5.74) is 0.646. The maximum atomic E-state index is 11.7. The van der Waals surface area contributed by atoms with Crippen LogP contribution in [0.25, 0.3) is 0 Å². The molecule has 0 aromatic carbocycles. The lowest BCUT2D eigenvalue weighted by Crippen LogP contribution is -2.41. The van der Waals surface area contributed by atoms with E-state index in [1.807, 2.05) is 5.38 Å². The molecule has 1 aliphatic heterocycles. The minimum Gasteiger partial charge on any atom is -0.379 e. The van der Waals surface area contributed by atoms with Gasteiger partial charge in [-0.3, -0.25) is 14.5 Å². The molecular weight excluding hydrogens is 290 g/mol. The molecule has 7 heteroatoms. The SMILES string of the molecule is O=C(CCNC(=O)c1ccsc1)NCCN1CCOCC1. The van der Waals surface area contributed by atoms with Crippen molar-refractivity contribution in [3.63, 3.8) is 0 Å². The van der Waals surface area contributed by atoms with E-state index < -0.39 is 0 Å². The average molecular weight is 311 g/mol. The van der Waals surface area contributed by atoms with Crippen molar-refractivity contribution in [1.29, 1.82) is 0 Å². The fourth-order valence-electron chi connectivity index (χ4n) is 2.05. The highest BCUT2D eigenvalue weighted by atomic mass is 32.1. The van der Waals surface area contributed by atoms with Crippen LogP contribution < -0.4 is 10.6 Å². The van der Waals surface area contributed by atoms with Gasteiger partial charge in [0.15, 0.2) is 0 Å². The number of thiophene rings is 1. The van der Waals surface area contributed by atoms with Crippen molar-refractivity contribution in [1.82, 2.24) is 15.5 Å². The van der Waals surface area contributed by atoms with Gasteiger partial charge in [-0.1, -0.05) is 0 Å². The molecule has 0 radical (unpaired) electrons. The number of rotatable bonds is 7. The third kappa shape index (κ3) is 5.82. The minimum absolute atomic E-state index is 0.0334. The summed E-state index contributed by atoms with van der Waals surface area (Å²) in [6.45, 7) is 5.22. The lowest BCUT2D eigenvalue weighted by molar-refractivity contribution is -0.121. The second-order valence-corrected chi connectivity index (χ2v) is 5.60. The lowest BCUT2D eigenvalue weighted by atomic mass is 10.3. The van der Waals surface area contributed by atoms with Crippen LogP contribution in [0.3, 0.4) is 0 Å². The molecule has 2 rings (SSSR count). The summed E-state index contributed by atoms with van der Waals surface area (Å²) in [7, 11) is 0. The van der Waals surface area contributed by atoms with Crippen molar-refractivity contribution < 1.29 is 14.3 Å². The Morgan fingerprint density at radius 3 is 2.76 bits per heavy atom. The van der Waals surface area contributed by atoms with E-state index in [-0.39, 0.29) is 11.8 Å². The van der Waals surface area contributed by atoms with Gasteiger partial charge in [0.05, 0.1) is 13.2 Å². The summed E-state index contributed by atoms with van der Waals surface area (Å²) in [4.78, 5) is 25.6. The summed E-state index contributed by atoms with van der Waals surface area (Å²) in [6, 6.07) is 1.77. The Balaban J connectivity index is 1.52. The zero-order valence-corrected chi connectivity index (χ0v) is 12.8. The molecule has 1 fully saturated rings. The van der Waals surface area contributed by atoms with Crippen molar-refractivity contribution in [2.24, 2.45) is 0 Å². The van der Waals surface area contributed by atoms with Gasteiger partial charge in [-0.05, 0) is 11.4 Å². The Bertz CT molecular complexity index is 444. The number of amides is 2. The highest BCUT2D eigenvalue weighted by Gasteiger charge is 2.10. The Kier molecular flexibility index (Phi) is 6.65. The van der Waals surface area contributed by atoms with E-state index in [4.69, 9.17) is 4.74 Å². The first-order chi connectivity index (χ1) is 10.3. The van der Waals surface area contributed by atoms with E-state index in [1.54, 1.807) is 11.4 Å². The summed E-state index contributed by atoms with van der Waals surface area (Å²) in [6.07, 6.45) is 0.305. The standard InChI is InChI=1S/C14H21N3O3S/c18-13(15-4-5-17-6-8-20-9-7-17)1-3-16-14(19)12-2-10-21-11-12/h2,10-11H,1,3-9H2,(H,15,18)(H,16,19). The summed E-state index contributed by atoms with van der Waals surface area (Å²) < 4.78 is 5.26. The average Bonchev–Trinajstić information content (AvgIpc) is 3.02. The number of nitrogens with zero attached hydrogens (tertiary/aromatic N) is 1. The molecule has 1 aliphatic rings. The van der Waals surface area contributed by atoms with Gasteiger partial charge in [0.2, 0.25) is 5.91 Å². The molecular formula is C14H21N3O3S. The maximum absolute atomic E-state index is 11.7. The lowest BCUT2D eigenvalue weighted by Gasteiger charge is -2.26. The highest BCUT2D eigenvalue weighted by molar-refractivity contribution is 7.08. The molecule has 21 heavy (non-hydrogen) atoms. The third-order valence-electron chi connectivity index (χ3n) is 3.27. The van der Waals surface area contributed by atoms with Crippen LogP contribution in [0.2, 0.25) is 0 Å². The molecule has 0 aliphatic carbocycles. The van der Waals surface area contributed by atoms with Crippen molar-refractivity contribution in [2.45, 2.75) is 6.42 Å². The predicted molar refractivity (Wildman–Crippen MR) is 81.5 cm³/mol. The van der Waals surface area contributed by atoms with Crippen LogP contribution in [-0.4, -0.2) is 62.7 Å². The van der Waals surface area contributed by atoms with E-state index in [0.717, 1.165) is 32.8 Å². The Morgan fingerprint density at radius 1 is 1.24 bits per heavy atom. The number of carbonyl (C=O) groups is 2. The van der Waals surface area contributed by atoms with E-state index in [1.165, 1.54) is 11.3 Å². The maximum Gasteiger partial charge on any atom is 0.252 e. The molecule has 0 bridgehead atoms. The largest absolute Gasteiger partial charge is 0.379 e. The molecule has 1 aromatic heterocycles. The first-order valence-corrected chi connectivity index (χ1v) is 8.07. The fraction of sp³-hybridized carbons (Fsp3) is 0.571. The van der Waals surface area contributed by atoms with Gasteiger partial charge in [-0.15, -0.1) is 0 Å². The number of nitrogens with one attached hydrogen (secondary N) is 2. The van der Waals surface area contributed by atoms with E-state index in [2.05, 4.69) is 15.5 Å². The van der Waals surface area contributed by atoms with E-state index >= 15 is 0 Å². The number of carbonyl (C=O) groups excluding carboxylic acids is 2. The van der Waals surface area contributed by atoms with Crippen LogP contribution in [0.4, 0.5) is 0 Å². The monoisotopic (exact) mass is 311 g/mol. The zero-order valence-electron chi connectivity index (χ0n) is 12.0. The van der Waals surface area contributed by atoms with Gasteiger partial charge >= 0.3 is 0 Å². The van der Waals surface area contributed by atoms with Gasteiger partial charge in [0, 0.05) is 50.1 Å². The second kappa shape index (κ2) is 8.76. The van der Waals surface area contributed by atoms with Crippen molar-refractivity contribution in [3.05, 3.63) is 22.4 Å². The topological polar surface area (TPSA) is 70.7 Å². The van der Waals surface area contributed by atoms with Gasteiger partial charge in [-0.2, -0.15) is 11.3 Å². The van der Waals surface area contributed by atoms with Crippen LogP contribution in [0.1, 0.15) is 16.8 Å². The quantitative estimate of drug-likeness (QED) is 0.761. The molecule has 0 unspecified atom stereocenters. The Labute approximate surface area is 128 Å². The molecule has 1 saturated heterocycles. The molecule has 2 amide bonds. The number of hydrogen-bond acceptors (Lipinski definition) is 5. The van der Waals surface area contributed by atoms with Crippen molar-refractivity contribution >= 4 is 23.2 Å². The fourth-order valence-corrected chi connectivity index (χ4v) is 2.69. The van der Waals surface area contributed by atoms with E-state index in [9.17, 15) is 9.59 Å². The first kappa shape index (κ1) is 15.9. The van der Waals surface area contributed by atoms with Crippen LogP contribution >= 0.6 is 11.3 Å². The number of hydrogen-bond donors (Lipinski definition) is 2. The molecule has 1 aromatic rings. The summed E-state index contributed by atoms with van der Waals surface area (Å²) in [5.74, 6) is -0.161. The van der Waals surface area contributed by atoms with Gasteiger partial charge in [-0.25, -0.2) is 0 Å². The van der Waals surface area contributed by atoms with Crippen LogP contribution in [0.5, 0.6) is 0 Å². The highest BCUT2D eigenvalue weighted by Crippen LogP contribution is 2.05. The van der Waals surface area contributed by atoms with Crippen LogP contribution in [-0.2, 0) is 9.53 Å². The van der Waals surface area contributed by atoms with Crippen molar-refractivity contribution in [3.8, 4) is 0 Å². The molecule has 116 valence electrons. The van der Waals surface area contributed by atoms with E-state index in [0.29, 0.717) is 25.1 Å². The molecule has 0 saturated carbocycles. The summed E-state index contributed by atoms with van der Waals surface area (Å²) >= 11 is 1.48. The first-order valence-electron chi connectivity index (χ1n) is 7.13. The molecule has 0 atom stereocenters. The third-order valence-corrected chi connectivity index (χ3v) is 3.96. The minimum atomic E-state index is -0.127. The van der Waals surface area contributed by atoms with Gasteiger partial charge < -0.3 is 15.4 Å². The molecule has 2 heterocycles. The van der Waals surface area contributed by atoms with Crippen LogP contribution in [0.15, 0.2) is 16.8 Å². The number of ether oxygens (including phenoxy) is 1. The smallest absolute Gasteiger partial charge is 0.252 e. The Hall–Kier alpha value is -1.44. The molecule has 0 spiro atoms. The normalized spacial score (nSPS) is 15.6. The second-order valence-electron chi connectivity index (χ2n) is 4.82. The summed E-state index contributed by atoms with van der Waals surface area (Å²) in [5, 5.41) is 9.25.